The molecule has 0 saturated carbocycles. The molecule has 0 heterocycles. The lowest BCUT2D eigenvalue weighted by molar-refractivity contribution is 0.0697. The van der Waals surface area contributed by atoms with E-state index in [-0.39, 0.29) is 10.6 Å². The van der Waals surface area contributed by atoms with Gasteiger partial charge in [0.1, 0.15) is 0 Å². The van der Waals surface area contributed by atoms with E-state index in [1.54, 1.807) is 30.3 Å². The molecule has 0 aliphatic rings. The van der Waals surface area contributed by atoms with E-state index in [0.29, 0.717) is 5.02 Å². The molecule has 0 aliphatic carbocycles. The second kappa shape index (κ2) is 4.78. The molecule has 0 aromatic heterocycles. The fourth-order valence-electron chi connectivity index (χ4n) is 1.51. The fourth-order valence-corrected chi connectivity index (χ4v) is 1.84. The van der Waals surface area contributed by atoms with Gasteiger partial charge in [0, 0.05) is 5.02 Å². The van der Waals surface area contributed by atoms with Gasteiger partial charge in [-0.25, -0.2) is 4.79 Å². The van der Waals surface area contributed by atoms with Crippen molar-refractivity contribution in [3.8, 4) is 11.1 Å². The number of aromatic carboxylic acids is 1. The van der Waals surface area contributed by atoms with Crippen LogP contribution in [-0.2, 0) is 0 Å². The molecule has 86 valence electrons. The largest absolute Gasteiger partial charge is 0.478 e. The topological polar surface area (TPSA) is 37.3 Å². The van der Waals surface area contributed by atoms with Crippen LogP contribution >= 0.6 is 23.2 Å². The van der Waals surface area contributed by atoms with Gasteiger partial charge in [0.05, 0.1) is 10.6 Å². The molecule has 0 bridgehead atoms. The molecule has 0 unspecified atom stereocenters. The third-order valence-corrected chi connectivity index (χ3v) is 2.96. The van der Waals surface area contributed by atoms with Crippen molar-refractivity contribution in [2.45, 2.75) is 0 Å². The summed E-state index contributed by atoms with van der Waals surface area (Å²) in [5.41, 5.74) is 1.79. The van der Waals surface area contributed by atoms with Crippen molar-refractivity contribution in [2.75, 3.05) is 0 Å². The van der Waals surface area contributed by atoms with Gasteiger partial charge in [0.25, 0.3) is 0 Å². The van der Waals surface area contributed by atoms with Gasteiger partial charge in [0.2, 0.25) is 0 Å². The zero-order chi connectivity index (χ0) is 12.4. The van der Waals surface area contributed by atoms with E-state index < -0.39 is 5.97 Å². The minimum Gasteiger partial charge on any atom is -0.478 e. The Labute approximate surface area is 108 Å². The highest BCUT2D eigenvalue weighted by atomic mass is 35.5. The van der Waals surface area contributed by atoms with Crippen molar-refractivity contribution in [1.29, 1.82) is 0 Å². The molecule has 0 fully saturated rings. The summed E-state index contributed by atoms with van der Waals surface area (Å²) in [4.78, 5) is 11.0. The summed E-state index contributed by atoms with van der Waals surface area (Å²) >= 11 is 11.6. The second-order valence-electron chi connectivity index (χ2n) is 3.51. The third kappa shape index (κ3) is 2.60. The Morgan fingerprint density at radius 3 is 2.12 bits per heavy atom. The quantitative estimate of drug-likeness (QED) is 0.877. The van der Waals surface area contributed by atoms with Gasteiger partial charge in [-0.15, -0.1) is 0 Å². The summed E-state index contributed by atoms with van der Waals surface area (Å²) in [6, 6.07) is 12.1. The van der Waals surface area contributed by atoms with Crippen molar-refractivity contribution >= 4 is 29.2 Å². The lowest BCUT2D eigenvalue weighted by atomic mass is 10.0. The van der Waals surface area contributed by atoms with Crippen LogP contribution in [0, 0.1) is 0 Å². The molecule has 2 nitrogen and oxygen atoms in total. The first-order chi connectivity index (χ1) is 8.08. The van der Waals surface area contributed by atoms with E-state index in [4.69, 9.17) is 28.3 Å². The summed E-state index contributed by atoms with van der Waals surface area (Å²) in [5.74, 6) is -1.04. The van der Waals surface area contributed by atoms with Crippen LogP contribution in [0.15, 0.2) is 42.5 Å². The maximum Gasteiger partial charge on any atom is 0.337 e. The fraction of sp³-hybridized carbons (Fsp3) is 0. The molecule has 0 radical (unpaired) electrons. The van der Waals surface area contributed by atoms with Gasteiger partial charge in [-0.3, -0.25) is 0 Å². The smallest absolute Gasteiger partial charge is 0.337 e. The van der Waals surface area contributed by atoms with Gasteiger partial charge < -0.3 is 5.11 Å². The Hall–Kier alpha value is -1.51. The average Bonchev–Trinajstić information content (AvgIpc) is 2.30. The van der Waals surface area contributed by atoms with Crippen LogP contribution in [-0.4, -0.2) is 11.1 Å². The molecular formula is C13H8Cl2O2. The third-order valence-electron chi connectivity index (χ3n) is 2.37. The summed E-state index contributed by atoms with van der Waals surface area (Å²) in [6.45, 7) is 0. The maximum atomic E-state index is 11.0. The van der Waals surface area contributed by atoms with Crippen LogP contribution in [0.3, 0.4) is 0 Å². The minimum absolute atomic E-state index is 0.0964. The molecular weight excluding hydrogens is 259 g/mol. The number of carboxylic acid groups (broad SMARTS) is 1. The minimum atomic E-state index is -1.04. The average molecular weight is 267 g/mol. The number of carboxylic acids is 1. The summed E-state index contributed by atoms with van der Waals surface area (Å²) in [5, 5.41) is 9.85. The highest BCUT2D eigenvalue weighted by Crippen LogP contribution is 2.26. The first-order valence-electron chi connectivity index (χ1n) is 4.87. The summed E-state index contributed by atoms with van der Waals surface area (Å²) in [7, 11) is 0. The summed E-state index contributed by atoms with van der Waals surface area (Å²) in [6.07, 6.45) is 0. The van der Waals surface area contributed by atoms with E-state index in [0.717, 1.165) is 11.1 Å². The number of halogens is 2. The molecule has 0 amide bonds. The van der Waals surface area contributed by atoms with Crippen molar-refractivity contribution in [3.63, 3.8) is 0 Å². The Kier molecular flexibility index (Phi) is 3.36. The van der Waals surface area contributed by atoms with Crippen molar-refractivity contribution in [1.82, 2.24) is 0 Å². The molecule has 1 N–H and O–H groups in total. The van der Waals surface area contributed by atoms with E-state index >= 15 is 0 Å². The van der Waals surface area contributed by atoms with E-state index in [1.165, 1.54) is 0 Å². The maximum absolute atomic E-state index is 11.0. The molecule has 0 saturated heterocycles. The van der Waals surface area contributed by atoms with Crippen LogP contribution in [0.4, 0.5) is 0 Å². The van der Waals surface area contributed by atoms with E-state index in [1.807, 2.05) is 12.1 Å². The van der Waals surface area contributed by atoms with Gasteiger partial charge in [-0.2, -0.15) is 0 Å². The van der Waals surface area contributed by atoms with Crippen LogP contribution in [0.2, 0.25) is 10.0 Å². The zero-order valence-electron chi connectivity index (χ0n) is 8.65. The van der Waals surface area contributed by atoms with Gasteiger partial charge in [-0.1, -0.05) is 41.4 Å². The Balaban J connectivity index is 2.50. The highest BCUT2D eigenvalue weighted by Gasteiger charge is 2.10. The Bertz CT molecular complexity index is 562. The van der Waals surface area contributed by atoms with Crippen molar-refractivity contribution < 1.29 is 9.90 Å². The Morgan fingerprint density at radius 1 is 0.941 bits per heavy atom. The second-order valence-corrected chi connectivity index (χ2v) is 4.35. The predicted molar refractivity (Wildman–Crippen MR) is 68.9 cm³/mol. The number of rotatable bonds is 2. The van der Waals surface area contributed by atoms with E-state index in [9.17, 15) is 4.79 Å². The van der Waals surface area contributed by atoms with Crippen LogP contribution in [0.25, 0.3) is 11.1 Å². The van der Waals surface area contributed by atoms with Crippen LogP contribution < -0.4 is 0 Å². The van der Waals surface area contributed by atoms with Gasteiger partial charge in [-0.05, 0) is 35.4 Å². The SMILES string of the molecule is O=C(O)c1cc(-c2ccc(Cl)cc2)ccc1Cl. The van der Waals surface area contributed by atoms with Crippen molar-refractivity contribution in [3.05, 3.63) is 58.1 Å². The number of benzene rings is 2. The normalized spacial score (nSPS) is 10.2. The van der Waals surface area contributed by atoms with Gasteiger partial charge in [0.15, 0.2) is 0 Å². The molecule has 0 aliphatic heterocycles. The Morgan fingerprint density at radius 2 is 1.53 bits per heavy atom. The van der Waals surface area contributed by atoms with Crippen LogP contribution in [0.1, 0.15) is 10.4 Å². The zero-order valence-corrected chi connectivity index (χ0v) is 10.2. The molecule has 2 aromatic carbocycles. The first-order valence-corrected chi connectivity index (χ1v) is 5.62. The lowest BCUT2D eigenvalue weighted by Crippen LogP contribution is -1.97. The highest BCUT2D eigenvalue weighted by molar-refractivity contribution is 6.33. The molecule has 17 heavy (non-hydrogen) atoms. The predicted octanol–water partition coefficient (Wildman–Crippen LogP) is 4.36. The monoisotopic (exact) mass is 266 g/mol. The molecule has 4 heteroatoms. The number of hydrogen-bond acceptors (Lipinski definition) is 1. The number of hydrogen-bond donors (Lipinski definition) is 1. The molecule has 2 rings (SSSR count). The van der Waals surface area contributed by atoms with Crippen LogP contribution in [0.5, 0.6) is 0 Å². The molecule has 2 aromatic rings. The first kappa shape index (κ1) is 12.0. The van der Waals surface area contributed by atoms with Crippen molar-refractivity contribution in [2.24, 2.45) is 0 Å². The standard InChI is InChI=1S/C13H8Cl2O2/c14-10-4-1-8(2-5-10)9-3-6-12(15)11(7-9)13(16)17/h1-7H,(H,16,17). The summed E-state index contributed by atoms with van der Waals surface area (Å²) < 4.78 is 0. The van der Waals surface area contributed by atoms with E-state index in [2.05, 4.69) is 0 Å². The van der Waals surface area contributed by atoms with Gasteiger partial charge >= 0.3 is 5.97 Å². The molecule has 0 spiro atoms. The number of carbonyl (C=O) groups is 1. The lowest BCUT2D eigenvalue weighted by Gasteiger charge is -2.05. The molecule has 0 atom stereocenters.